The summed E-state index contributed by atoms with van der Waals surface area (Å²) in [5.74, 6) is -1.78. The lowest BCUT2D eigenvalue weighted by Gasteiger charge is -2.12. The first-order valence-corrected chi connectivity index (χ1v) is 6.58. The lowest BCUT2D eigenvalue weighted by atomic mass is 10.1. The van der Waals surface area contributed by atoms with E-state index in [4.69, 9.17) is 9.84 Å². The molecule has 0 saturated carbocycles. The van der Waals surface area contributed by atoms with Crippen molar-refractivity contribution in [3.05, 3.63) is 29.3 Å². The molecule has 0 aliphatic rings. The molecule has 7 heteroatoms. The zero-order valence-corrected chi connectivity index (χ0v) is 11.9. The molecule has 0 heterocycles. The molecule has 3 N–H and O–H groups in total. The number of hydrogen-bond donors (Lipinski definition) is 3. The molecular weight excluding hydrogens is 276 g/mol. The highest BCUT2D eigenvalue weighted by molar-refractivity contribution is 6.02. The number of ether oxygens (including phenoxy) is 1. The minimum Gasteiger partial charge on any atom is -0.478 e. The first kappa shape index (κ1) is 16.5. The molecule has 114 valence electrons. The van der Waals surface area contributed by atoms with E-state index in [1.54, 1.807) is 6.92 Å². The summed E-state index contributed by atoms with van der Waals surface area (Å²) in [7, 11) is 0. The number of hydrogen-bond acceptors (Lipinski definition) is 4. The second kappa shape index (κ2) is 7.88. The van der Waals surface area contributed by atoms with Gasteiger partial charge >= 0.3 is 18.0 Å². The van der Waals surface area contributed by atoms with Gasteiger partial charge in [-0.05, 0) is 31.5 Å². The summed E-state index contributed by atoms with van der Waals surface area (Å²) >= 11 is 0. The first-order chi connectivity index (χ1) is 9.99. The van der Waals surface area contributed by atoms with E-state index in [1.807, 2.05) is 6.92 Å². The Hall–Kier alpha value is -2.57. The van der Waals surface area contributed by atoms with Crippen molar-refractivity contribution in [2.24, 2.45) is 0 Å². The topological polar surface area (TPSA) is 105 Å². The van der Waals surface area contributed by atoms with Crippen LogP contribution in [0.15, 0.2) is 18.2 Å². The number of amides is 2. The minimum absolute atomic E-state index is 0.0335. The van der Waals surface area contributed by atoms with Crippen molar-refractivity contribution in [1.29, 1.82) is 0 Å². The summed E-state index contributed by atoms with van der Waals surface area (Å²) in [6.45, 7) is 4.21. The van der Waals surface area contributed by atoms with Crippen LogP contribution in [-0.4, -0.2) is 36.2 Å². The Morgan fingerprint density at radius 1 is 1.24 bits per heavy atom. The number of esters is 1. The van der Waals surface area contributed by atoms with E-state index in [1.165, 1.54) is 18.2 Å². The largest absolute Gasteiger partial charge is 0.478 e. The first-order valence-electron chi connectivity index (χ1n) is 6.58. The van der Waals surface area contributed by atoms with Gasteiger partial charge in [0.1, 0.15) is 0 Å². The molecule has 0 aliphatic heterocycles. The summed E-state index contributed by atoms with van der Waals surface area (Å²) in [5, 5.41) is 14.0. The Bertz CT molecular complexity index is 542. The van der Waals surface area contributed by atoms with Crippen molar-refractivity contribution < 1.29 is 24.2 Å². The molecule has 0 aromatic heterocycles. The Kier molecular flexibility index (Phi) is 6.19. The molecule has 0 fully saturated rings. The zero-order valence-electron chi connectivity index (χ0n) is 11.9. The highest BCUT2D eigenvalue weighted by atomic mass is 16.5. The van der Waals surface area contributed by atoms with Gasteiger partial charge in [0.25, 0.3) is 0 Å². The Morgan fingerprint density at radius 2 is 1.95 bits per heavy atom. The van der Waals surface area contributed by atoms with Crippen molar-refractivity contribution in [3.63, 3.8) is 0 Å². The summed E-state index contributed by atoms with van der Waals surface area (Å²) in [4.78, 5) is 34.4. The van der Waals surface area contributed by atoms with Crippen molar-refractivity contribution in [2.45, 2.75) is 20.3 Å². The number of benzene rings is 1. The summed E-state index contributed by atoms with van der Waals surface area (Å²) < 4.78 is 4.87. The maximum Gasteiger partial charge on any atom is 0.340 e. The third kappa shape index (κ3) is 4.79. The van der Waals surface area contributed by atoms with E-state index in [0.717, 1.165) is 6.42 Å². The maximum absolute atomic E-state index is 11.8. The highest BCUT2D eigenvalue weighted by Crippen LogP contribution is 2.19. The fourth-order valence-electron chi connectivity index (χ4n) is 1.57. The molecule has 0 unspecified atom stereocenters. The van der Waals surface area contributed by atoms with E-state index in [-0.39, 0.29) is 23.4 Å². The van der Waals surface area contributed by atoms with Crippen LogP contribution in [0.3, 0.4) is 0 Å². The van der Waals surface area contributed by atoms with Gasteiger partial charge in [-0.25, -0.2) is 14.4 Å². The number of rotatable bonds is 6. The smallest absolute Gasteiger partial charge is 0.340 e. The van der Waals surface area contributed by atoms with Crippen molar-refractivity contribution in [1.82, 2.24) is 5.32 Å². The monoisotopic (exact) mass is 294 g/mol. The molecule has 0 bridgehead atoms. The van der Waals surface area contributed by atoms with Gasteiger partial charge in [0.15, 0.2) is 0 Å². The van der Waals surface area contributed by atoms with Crippen molar-refractivity contribution in [3.8, 4) is 0 Å². The highest BCUT2D eigenvalue weighted by Gasteiger charge is 2.17. The number of anilines is 1. The quantitative estimate of drug-likeness (QED) is 0.697. The van der Waals surface area contributed by atoms with Crippen LogP contribution >= 0.6 is 0 Å². The van der Waals surface area contributed by atoms with Crippen LogP contribution in [0.2, 0.25) is 0 Å². The average molecular weight is 294 g/mol. The fourth-order valence-corrected chi connectivity index (χ4v) is 1.57. The van der Waals surface area contributed by atoms with Crippen LogP contribution in [0, 0.1) is 0 Å². The number of urea groups is 1. The molecule has 7 nitrogen and oxygen atoms in total. The summed E-state index contributed by atoms with van der Waals surface area (Å²) in [6.07, 6.45) is 0.757. The second-order valence-corrected chi connectivity index (χ2v) is 4.17. The lowest BCUT2D eigenvalue weighted by Crippen LogP contribution is -2.30. The van der Waals surface area contributed by atoms with Gasteiger partial charge in [-0.2, -0.15) is 0 Å². The van der Waals surface area contributed by atoms with E-state index >= 15 is 0 Å². The number of nitrogens with one attached hydrogen (secondary N) is 2. The third-order valence-corrected chi connectivity index (χ3v) is 2.55. The summed E-state index contributed by atoms with van der Waals surface area (Å²) in [5.41, 5.74) is 0.171. The normalized spacial score (nSPS) is 9.81. The van der Waals surface area contributed by atoms with Gasteiger partial charge < -0.3 is 20.5 Å². The van der Waals surface area contributed by atoms with Crippen LogP contribution in [0.4, 0.5) is 10.5 Å². The van der Waals surface area contributed by atoms with E-state index in [2.05, 4.69) is 10.6 Å². The zero-order chi connectivity index (χ0) is 15.8. The molecule has 1 aromatic rings. The molecule has 0 atom stereocenters. The van der Waals surface area contributed by atoms with Crippen LogP contribution in [0.25, 0.3) is 0 Å². The SMILES string of the molecule is CCCNC(=O)Nc1cc(C(=O)O)ccc1C(=O)OCC. The van der Waals surface area contributed by atoms with Gasteiger partial charge in [0.05, 0.1) is 23.4 Å². The Morgan fingerprint density at radius 3 is 2.52 bits per heavy atom. The van der Waals surface area contributed by atoms with Gasteiger partial charge in [-0.1, -0.05) is 6.92 Å². The second-order valence-electron chi connectivity index (χ2n) is 4.17. The molecule has 2 amide bonds. The van der Waals surface area contributed by atoms with E-state index in [9.17, 15) is 14.4 Å². The Balaban J connectivity index is 3.05. The number of carbonyl (C=O) groups is 3. The molecule has 1 rings (SSSR count). The maximum atomic E-state index is 11.8. The number of carboxylic acids is 1. The molecule has 1 aromatic carbocycles. The molecule has 0 spiro atoms. The third-order valence-electron chi connectivity index (χ3n) is 2.55. The van der Waals surface area contributed by atoms with Gasteiger partial charge in [-0.15, -0.1) is 0 Å². The number of aromatic carboxylic acids is 1. The van der Waals surface area contributed by atoms with Crippen molar-refractivity contribution >= 4 is 23.7 Å². The van der Waals surface area contributed by atoms with E-state index in [0.29, 0.717) is 6.54 Å². The fraction of sp³-hybridized carbons (Fsp3) is 0.357. The number of carboxylic acid groups (broad SMARTS) is 1. The molecule has 0 saturated heterocycles. The predicted molar refractivity (Wildman–Crippen MR) is 76.7 cm³/mol. The van der Waals surface area contributed by atoms with Crippen LogP contribution in [0.5, 0.6) is 0 Å². The van der Waals surface area contributed by atoms with Gasteiger partial charge in [0.2, 0.25) is 0 Å². The van der Waals surface area contributed by atoms with Gasteiger partial charge in [-0.3, -0.25) is 0 Å². The predicted octanol–water partition coefficient (Wildman–Crippen LogP) is 2.09. The van der Waals surface area contributed by atoms with Gasteiger partial charge in [0, 0.05) is 6.54 Å². The molecule has 21 heavy (non-hydrogen) atoms. The standard InChI is InChI=1S/C14H18N2O5/c1-3-7-15-14(20)16-11-8-9(12(17)18)5-6-10(11)13(19)21-4-2/h5-6,8H,3-4,7H2,1-2H3,(H,17,18)(H2,15,16,20). The molecule has 0 radical (unpaired) electrons. The van der Waals surface area contributed by atoms with Crippen LogP contribution in [0.1, 0.15) is 41.0 Å². The lowest BCUT2D eigenvalue weighted by molar-refractivity contribution is 0.0526. The van der Waals surface area contributed by atoms with E-state index < -0.39 is 18.0 Å². The van der Waals surface area contributed by atoms with Crippen LogP contribution < -0.4 is 10.6 Å². The molecular formula is C14H18N2O5. The molecule has 0 aliphatic carbocycles. The summed E-state index contributed by atoms with van der Waals surface area (Å²) in [6, 6.07) is 3.31. The van der Waals surface area contributed by atoms with Crippen molar-refractivity contribution in [2.75, 3.05) is 18.5 Å². The number of carbonyl (C=O) groups excluding carboxylic acids is 2. The Labute approximate surface area is 122 Å². The minimum atomic E-state index is -1.15. The van der Waals surface area contributed by atoms with Crippen LogP contribution in [-0.2, 0) is 4.74 Å². The average Bonchev–Trinajstić information content (AvgIpc) is 2.45.